The number of fused-ring (bicyclic) bond motifs is 1. The standard InChI is InChI=1S/C13H17NO2/c1-9-4-11(9)7-14-6-10-2-3-12-13(5-10)16-8-15-12/h2-3,5,9,11,14H,4,6-8H2,1H3. The average Bonchev–Trinajstić information content (AvgIpc) is 2.80. The topological polar surface area (TPSA) is 30.5 Å². The highest BCUT2D eigenvalue weighted by molar-refractivity contribution is 5.44. The van der Waals surface area contributed by atoms with Crippen molar-refractivity contribution in [3.05, 3.63) is 23.8 Å². The molecule has 16 heavy (non-hydrogen) atoms. The summed E-state index contributed by atoms with van der Waals surface area (Å²) < 4.78 is 10.6. The lowest BCUT2D eigenvalue weighted by Gasteiger charge is -2.05. The molecule has 1 N–H and O–H groups in total. The van der Waals surface area contributed by atoms with E-state index >= 15 is 0 Å². The Kier molecular flexibility index (Phi) is 2.48. The zero-order valence-electron chi connectivity index (χ0n) is 9.53. The molecule has 2 aliphatic rings. The molecule has 1 fully saturated rings. The van der Waals surface area contributed by atoms with Gasteiger partial charge in [0.25, 0.3) is 0 Å². The third kappa shape index (κ3) is 2.00. The van der Waals surface area contributed by atoms with Crippen LogP contribution in [0, 0.1) is 11.8 Å². The predicted molar refractivity (Wildman–Crippen MR) is 61.5 cm³/mol. The monoisotopic (exact) mass is 219 g/mol. The molecule has 1 heterocycles. The van der Waals surface area contributed by atoms with Crippen LogP contribution in [0.5, 0.6) is 11.5 Å². The normalized spacial score (nSPS) is 25.8. The van der Waals surface area contributed by atoms with Crippen LogP contribution in [0.25, 0.3) is 0 Å². The van der Waals surface area contributed by atoms with E-state index in [1.165, 1.54) is 12.0 Å². The van der Waals surface area contributed by atoms with Crippen LogP contribution in [0.3, 0.4) is 0 Å². The highest BCUT2D eigenvalue weighted by Gasteiger charge is 2.31. The number of nitrogens with one attached hydrogen (secondary N) is 1. The van der Waals surface area contributed by atoms with Crippen molar-refractivity contribution in [3.8, 4) is 11.5 Å². The highest BCUT2D eigenvalue weighted by Crippen LogP contribution is 2.37. The summed E-state index contributed by atoms with van der Waals surface area (Å²) in [7, 11) is 0. The molecule has 1 aromatic carbocycles. The minimum atomic E-state index is 0.353. The van der Waals surface area contributed by atoms with Gasteiger partial charge >= 0.3 is 0 Å². The number of ether oxygens (including phenoxy) is 2. The smallest absolute Gasteiger partial charge is 0.231 e. The van der Waals surface area contributed by atoms with Crippen molar-refractivity contribution in [1.29, 1.82) is 0 Å². The van der Waals surface area contributed by atoms with Gasteiger partial charge in [0.15, 0.2) is 11.5 Å². The molecule has 0 bridgehead atoms. The summed E-state index contributed by atoms with van der Waals surface area (Å²) in [5.41, 5.74) is 1.26. The third-order valence-electron chi connectivity index (χ3n) is 3.45. The molecule has 3 rings (SSSR count). The number of hydrogen-bond donors (Lipinski definition) is 1. The van der Waals surface area contributed by atoms with Crippen molar-refractivity contribution in [3.63, 3.8) is 0 Å². The fraction of sp³-hybridized carbons (Fsp3) is 0.538. The first-order valence-electron chi connectivity index (χ1n) is 5.92. The van der Waals surface area contributed by atoms with Crippen LogP contribution >= 0.6 is 0 Å². The van der Waals surface area contributed by atoms with E-state index in [2.05, 4.69) is 24.4 Å². The van der Waals surface area contributed by atoms with Crippen molar-refractivity contribution < 1.29 is 9.47 Å². The lowest BCUT2D eigenvalue weighted by Crippen LogP contribution is -2.16. The Morgan fingerprint density at radius 2 is 2.12 bits per heavy atom. The first kappa shape index (κ1) is 9.97. The molecule has 0 aromatic heterocycles. The van der Waals surface area contributed by atoms with Crippen LogP contribution in [0.15, 0.2) is 18.2 Å². The van der Waals surface area contributed by atoms with Crippen LogP contribution < -0.4 is 14.8 Å². The van der Waals surface area contributed by atoms with Gasteiger partial charge in [0.2, 0.25) is 6.79 Å². The summed E-state index contributed by atoms with van der Waals surface area (Å²) >= 11 is 0. The minimum Gasteiger partial charge on any atom is -0.454 e. The third-order valence-corrected chi connectivity index (χ3v) is 3.45. The van der Waals surface area contributed by atoms with Gasteiger partial charge in [-0.3, -0.25) is 0 Å². The summed E-state index contributed by atoms with van der Waals surface area (Å²) in [6.07, 6.45) is 1.38. The Morgan fingerprint density at radius 1 is 1.31 bits per heavy atom. The number of hydrogen-bond acceptors (Lipinski definition) is 3. The van der Waals surface area contributed by atoms with E-state index in [1.807, 2.05) is 6.07 Å². The molecule has 86 valence electrons. The summed E-state index contributed by atoms with van der Waals surface area (Å²) in [6.45, 7) is 4.72. The molecular weight excluding hydrogens is 202 g/mol. The van der Waals surface area contributed by atoms with E-state index in [0.717, 1.165) is 36.4 Å². The first-order valence-corrected chi connectivity index (χ1v) is 5.92. The molecule has 2 atom stereocenters. The number of benzene rings is 1. The lowest BCUT2D eigenvalue weighted by molar-refractivity contribution is 0.174. The van der Waals surface area contributed by atoms with E-state index in [0.29, 0.717) is 6.79 Å². The summed E-state index contributed by atoms with van der Waals surface area (Å²) in [5, 5.41) is 3.49. The fourth-order valence-corrected chi connectivity index (χ4v) is 2.14. The second-order valence-corrected chi connectivity index (χ2v) is 4.79. The molecule has 2 unspecified atom stereocenters. The molecule has 3 heteroatoms. The summed E-state index contributed by atoms with van der Waals surface area (Å²) in [4.78, 5) is 0. The Bertz CT molecular complexity index is 392. The van der Waals surface area contributed by atoms with E-state index in [9.17, 15) is 0 Å². The van der Waals surface area contributed by atoms with Gasteiger partial charge in [-0.1, -0.05) is 13.0 Å². The molecular formula is C13H17NO2. The van der Waals surface area contributed by atoms with Gasteiger partial charge in [-0.2, -0.15) is 0 Å². The van der Waals surface area contributed by atoms with E-state index in [-0.39, 0.29) is 0 Å². The molecule has 1 aliphatic heterocycles. The van der Waals surface area contributed by atoms with Crippen molar-refractivity contribution in [2.45, 2.75) is 19.9 Å². The van der Waals surface area contributed by atoms with Gasteiger partial charge < -0.3 is 14.8 Å². The molecule has 0 amide bonds. The van der Waals surface area contributed by atoms with Crippen molar-refractivity contribution in [2.75, 3.05) is 13.3 Å². The quantitative estimate of drug-likeness (QED) is 0.841. The molecule has 0 spiro atoms. The maximum atomic E-state index is 5.35. The average molecular weight is 219 g/mol. The second-order valence-electron chi connectivity index (χ2n) is 4.79. The Morgan fingerprint density at radius 3 is 2.94 bits per heavy atom. The van der Waals surface area contributed by atoms with Gasteiger partial charge in [-0.25, -0.2) is 0 Å². The summed E-state index contributed by atoms with van der Waals surface area (Å²) in [6, 6.07) is 6.14. The largest absolute Gasteiger partial charge is 0.454 e. The second kappa shape index (κ2) is 3.98. The fourth-order valence-electron chi connectivity index (χ4n) is 2.14. The molecule has 3 nitrogen and oxygen atoms in total. The zero-order chi connectivity index (χ0) is 11.0. The van der Waals surface area contributed by atoms with E-state index in [1.54, 1.807) is 0 Å². The van der Waals surface area contributed by atoms with Crippen molar-refractivity contribution in [1.82, 2.24) is 5.32 Å². The highest BCUT2D eigenvalue weighted by atomic mass is 16.7. The molecule has 1 saturated carbocycles. The van der Waals surface area contributed by atoms with Crippen LogP contribution in [0.1, 0.15) is 18.9 Å². The maximum Gasteiger partial charge on any atom is 0.231 e. The van der Waals surface area contributed by atoms with Gasteiger partial charge in [-0.15, -0.1) is 0 Å². The van der Waals surface area contributed by atoms with Crippen LogP contribution in [-0.2, 0) is 6.54 Å². The van der Waals surface area contributed by atoms with Gasteiger partial charge in [0.05, 0.1) is 0 Å². The maximum absolute atomic E-state index is 5.35. The van der Waals surface area contributed by atoms with Crippen LogP contribution in [-0.4, -0.2) is 13.3 Å². The SMILES string of the molecule is CC1CC1CNCc1ccc2c(c1)OCO2. The molecule has 1 aliphatic carbocycles. The number of rotatable bonds is 4. The molecule has 0 saturated heterocycles. The minimum absolute atomic E-state index is 0.353. The zero-order valence-corrected chi connectivity index (χ0v) is 9.53. The molecule has 0 radical (unpaired) electrons. The van der Waals surface area contributed by atoms with Crippen LogP contribution in [0.4, 0.5) is 0 Å². The predicted octanol–water partition coefficient (Wildman–Crippen LogP) is 2.16. The molecule has 1 aromatic rings. The Balaban J connectivity index is 1.54. The lowest BCUT2D eigenvalue weighted by atomic mass is 10.2. The van der Waals surface area contributed by atoms with Gasteiger partial charge in [-0.05, 0) is 42.5 Å². The van der Waals surface area contributed by atoms with Crippen molar-refractivity contribution in [2.24, 2.45) is 11.8 Å². The van der Waals surface area contributed by atoms with Gasteiger partial charge in [0, 0.05) is 6.54 Å². The van der Waals surface area contributed by atoms with Crippen LogP contribution in [0.2, 0.25) is 0 Å². The van der Waals surface area contributed by atoms with Gasteiger partial charge in [0.1, 0.15) is 0 Å². The van der Waals surface area contributed by atoms with Crippen molar-refractivity contribution >= 4 is 0 Å². The van der Waals surface area contributed by atoms with E-state index < -0.39 is 0 Å². The Hall–Kier alpha value is -1.22. The summed E-state index contributed by atoms with van der Waals surface area (Å²) in [5.74, 6) is 3.55. The first-order chi connectivity index (χ1) is 7.83. The Labute approximate surface area is 95.8 Å². The van der Waals surface area contributed by atoms with E-state index in [4.69, 9.17) is 9.47 Å².